The van der Waals surface area contributed by atoms with E-state index in [1.807, 2.05) is 19.9 Å². The number of methoxy groups -OCH3 is 1. The predicted octanol–water partition coefficient (Wildman–Crippen LogP) is 3.16. The smallest absolute Gasteiger partial charge is 0.124 e. The number of aliphatic hydroxyl groups is 1. The maximum Gasteiger partial charge on any atom is 0.124 e. The summed E-state index contributed by atoms with van der Waals surface area (Å²) in [5, 5.41) is 10.5. The second-order valence-corrected chi connectivity index (χ2v) is 5.56. The van der Waals surface area contributed by atoms with Crippen LogP contribution in [0, 0.1) is 11.7 Å². The third-order valence-electron chi connectivity index (χ3n) is 2.90. The summed E-state index contributed by atoms with van der Waals surface area (Å²) < 4.78 is 19.0. The normalized spacial score (nSPS) is 15.0. The van der Waals surface area contributed by atoms with Crippen molar-refractivity contribution in [3.8, 4) is 0 Å². The molecule has 1 unspecified atom stereocenters. The van der Waals surface area contributed by atoms with Crippen LogP contribution in [0.5, 0.6) is 0 Å². The molecule has 96 valence electrons. The molecule has 1 N–H and O–H groups in total. The highest BCUT2D eigenvalue weighted by atomic mass is 79.9. The van der Waals surface area contributed by atoms with Crippen molar-refractivity contribution < 1.29 is 14.2 Å². The van der Waals surface area contributed by atoms with Crippen molar-refractivity contribution in [1.82, 2.24) is 0 Å². The van der Waals surface area contributed by atoms with Crippen LogP contribution in [0.25, 0.3) is 0 Å². The lowest BCUT2D eigenvalue weighted by Crippen LogP contribution is -2.42. The van der Waals surface area contributed by atoms with Gasteiger partial charge in [0.2, 0.25) is 0 Å². The molecule has 0 aliphatic heterocycles. The van der Waals surface area contributed by atoms with Crippen molar-refractivity contribution in [3.63, 3.8) is 0 Å². The summed E-state index contributed by atoms with van der Waals surface area (Å²) >= 11 is 3.24. The van der Waals surface area contributed by atoms with E-state index in [2.05, 4.69) is 15.9 Å². The van der Waals surface area contributed by atoms with Gasteiger partial charge in [-0.05, 0) is 29.7 Å². The first kappa shape index (κ1) is 14.6. The Morgan fingerprint density at radius 2 is 2.06 bits per heavy atom. The number of hydrogen-bond acceptors (Lipinski definition) is 2. The fourth-order valence-corrected chi connectivity index (χ4v) is 2.25. The van der Waals surface area contributed by atoms with Crippen molar-refractivity contribution in [2.75, 3.05) is 13.7 Å². The second-order valence-electron chi connectivity index (χ2n) is 4.65. The van der Waals surface area contributed by atoms with Gasteiger partial charge in [-0.15, -0.1) is 0 Å². The summed E-state index contributed by atoms with van der Waals surface area (Å²) in [5.41, 5.74) is -0.216. The van der Waals surface area contributed by atoms with Gasteiger partial charge in [-0.1, -0.05) is 29.8 Å². The molecule has 0 aliphatic carbocycles. The van der Waals surface area contributed by atoms with Crippen LogP contribution in [0.3, 0.4) is 0 Å². The van der Waals surface area contributed by atoms with Crippen LogP contribution in [-0.2, 0) is 11.2 Å². The largest absolute Gasteiger partial charge is 0.387 e. The Bertz CT molecular complexity index is 361. The highest BCUT2D eigenvalue weighted by Gasteiger charge is 2.31. The van der Waals surface area contributed by atoms with Gasteiger partial charge in [-0.2, -0.15) is 0 Å². The molecule has 0 spiro atoms. The zero-order chi connectivity index (χ0) is 13.1. The fraction of sp³-hybridized carbons (Fsp3) is 0.538. The first-order chi connectivity index (χ1) is 7.87. The van der Waals surface area contributed by atoms with Gasteiger partial charge < -0.3 is 9.84 Å². The second kappa shape index (κ2) is 5.94. The molecule has 0 amide bonds. The minimum atomic E-state index is -0.970. The summed E-state index contributed by atoms with van der Waals surface area (Å²) in [7, 11) is 1.55. The van der Waals surface area contributed by atoms with Crippen LogP contribution in [0.1, 0.15) is 19.4 Å². The summed E-state index contributed by atoms with van der Waals surface area (Å²) in [6, 6.07) is 4.65. The van der Waals surface area contributed by atoms with Gasteiger partial charge >= 0.3 is 0 Å². The number of halogens is 2. The Kier molecular flexibility index (Phi) is 5.10. The molecular weight excluding hydrogens is 287 g/mol. The maximum atomic E-state index is 13.2. The van der Waals surface area contributed by atoms with Crippen LogP contribution in [0.15, 0.2) is 22.7 Å². The topological polar surface area (TPSA) is 29.5 Å². The molecule has 0 saturated heterocycles. The van der Waals surface area contributed by atoms with Crippen molar-refractivity contribution >= 4 is 15.9 Å². The molecule has 0 saturated carbocycles. The highest BCUT2D eigenvalue weighted by Crippen LogP contribution is 2.25. The first-order valence-electron chi connectivity index (χ1n) is 5.53. The Morgan fingerprint density at radius 3 is 2.53 bits per heavy atom. The summed E-state index contributed by atoms with van der Waals surface area (Å²) in [4.78, 5) is 0. The Hall–Kier alpha value is -0.450. The van der Waals surface area contributed by atoms with Gasteiger partial charge in [0, 0.05) is 18.0 Å². The quantitative estimate of drug-likeness (QED) is 0.905. The molecule has 1 atom stereocenters. The van der Waals surface area contributed by atoms with E-state index >= 15 is 0 Å². The summed E-state index contributed by atoms with van der Waals surface area (Å²) in [5.74, 6) is -0.276. The van der Waals surface area contributed by atoms with Gasteiger partial charge in [0.05, 0.1) is 12.2 Å². The van der Waals surface area contributed by atoms with Gasteiger partial charge in [-0.25, -0.2) is 4.39 Å². The number of hydrogen-bond donors (Lipinski definition) is 1. The zero-order valence-electron chi connectivity index (χ0n) is 10.3. The number of ether oxygens (including phenoxy) is 1. The lowest BCUT2D eigenvalue weighted by Gasteiger charge is -2.31. The molecule has 2 nitrogen and oxygen atoms in total. The average Bonchev–Trinajstić information content (AvgIpc) is 2.15. The van der Waals surface area contributed by atoms with E-state index in [1.54, 1.807) is 7.11 Å². The summed E-state index contributed by atoms with van der Waals surface area (Å²) in [6.45, 7) is 4.08. The van der Waals surface area contributed by atoms with Crippen LogP contribution < -0.4 is 0 Å². The zero-order valence-corrected chi connectivity index (χ0v) is 11.9. The van der Waals surface area contributed by atoms with Crippen LogP contribution in [-0.4, -0.2) is 24.4 Å². The van der Waals surface area contributed by atoms with Gasteiger partial charge in [-0.3, -0.25) is 0 Å². The molecule has 17 heavy (non-hydrogen) atoms. The van der Waals surface area contributed by atoms with Crippen LogP contribution >= 0.6 is 15.9 Å². The van der Waals surface area contributed by atoms with E-state index in [-0.39, 0.29) is 18.3 Å². The molecule has 0 heterocycles. The molecule has 0 aromatic heterocycles. The molecule has 0 fully saturated rings. The molecule has 0 bridgehead atoms. The minimum Gasteiger partial charge on any atom is -0.387 e. The van der Waals surface area contributed by atoms with E-state index in [0.29, 0.717) is 10.9 Å². The Balaban J connectivity index is 2.93. The van der Waals surface area contributed by atoms with E-state index in [0.717, 1.165) is 5.56 Å². The molecule has 1 rings (SSSR count). The first-order valence-corrected chi connectivity index (χ1v) is 6.33. The monoisotopic (exact) mass is 304 g/mol. The number of rotatable bonds is 5. The van der Waals surface area contributed by atoms with E-state index < -0.39 is 5.60 Å². The molecule has 1 aromatic rings. The third-order valence-corrected chi connectivity index (χ3v) is 3.36. The van der Waals surface area contributed by atoms with Crippen molar-refractivity contribution in [2.45, 2.75) is 25.9 Å². The van der Waals surface area contributed by atoms with Gasteiger partial charge in [0.25, 0.3) is 0 Å². The third kappa shape index (κ3) is 4.05. The molecule has 1 aromatic carbocycles. The molecule has 0 aliphatic rings. The van der Waals surface area contributed by atoms with Crippen LogP contribution in [0.4, 0.5) is 4.39 Å². The molecule has 4 heteroatoms. The van der Waals surface area contributed by atoms with Gasteiger partial charge in [0.15, 0.2) is 0 Å². The lowest BCUT2D eigenvalue weighted by atomic mass is 9.85. The van der Waals surface area contributed by atoms with Crippen molar-refractivity contribution in [2.24, 2.45) is 5.92 Å². The minimum absolute atomic E-state index is 0.0319. The Labute approximate surface area is 110 Å². The van der Waals surface area contributed by atoms with E-state index in [4.69, 9.17) is 4.74 Å². The van der Waals surface area contributed by atoms with E-state index in [9.17, 15) is 9.50 Å². The molecular formula is C13H18BrFO2. The number of benzene rings is 1. The predicted molar refractivity (Wildman–Crippen MR) is 69.5 cm³/mol. The summed E-state index contributed by atoms with van der Waals surface area (Å²) in [6.07, 6.45) is 0.370. The van der Waals surface area contributed by atoms with Crippen molar-refractivity contribution in [3.05, 3.63) is 34.1 Å². The SMILES string of the molecule is COCC(O)(Cc1cc(F)cc(Br)c1)C(C)C. The highest BCUT2D eigenvalue weighted by molar-refractivity contribution is 9.10. The van der Waals surface area contributed by atoms with Gasteiger partial charge in [0.1, 0.15) is 5.82 Å². The van der Waals surface area contributed by atoms with Crippen LogP contribution in [0.2, 0.25) is 0 Å². The molecule has 0 radical (unpaired) electrons. The fourth-order valence-electron chi connectivity index (χ4n) is 1.74. The maximum absolute atomic E-state index is 13.2. The average molecular weight is 305 g/mol. The standard InChI is InChI=1S/C13H18BrFO2/c1-9(2)13(16,8-17-3)7-10-4-11(14)6-12(15)5-10/h4-6,9,16H,7-8H2,1-3H3. The Morgan fingerprint density at radius 1 is 1.41 bits per heavy atom. The van der Waals surface area contributed by atoms with E-state index in [1.165, 1.54) is 12.1 Å². The lowest BCUT2D eigenvalue weighted by molar-refractivity contribution is -0.0637. The van der Waals surface area contributed by atoms with Crippen molar-refractivity contribution in [1.29, 1.82) is 0 Å².